The van der Waals surface area contributed by atoms with Crippen molar-refractivity contribution in [1.29, 1.82) is 0 Å². The Bertz CT molecular complexity index is 985. The van der Waals surface area contributed by atoms with Gasteiger partial charge in [0.15, 0.2) is 5.13 Å². The molecule has 0 radical (unpaired) electrons. The molecule has 1 saturated carbocycles. The van der Waals surface area contributed by atoms with Crippen molar-refractivity contribution in [1.82, 2.24) is 25.2 Å². The summed E-state index contributed by atoms with van der Waals surface area (Å²) in [6.07, 6.45) is 2.17. The average molecular weight is 419 g/mol. The van der Waals surface area contributed by atoms with E-state index in [1.807, 2.05) is 17.5 Å². The van der Waals surface area contributed by atoms with Gasteiger partial charge in [-0.3, -0.25) is 4.79 Å². The Kier molecular flexibility index (Phi) is 5.44. The summed E-state index contributed by atoms with van der Waals surface area (Å²) in [5.74, 6) is 1.42. The van der Waals surface area contributed by atoms with Crippen LogP contribution in [0.15, 0.2) is 28.7 Å². The predicted molar refractivity (Wildman–Crippen MR) is 106 cm³/mol. The Balaban J connectivity index is 1.39. The number of nitrogens with one attached hydrogen (secondary N) is 1. The van der Waals surface area contributed by atoms with E-state index in [9.17, 15) is 4.79 Å². The third-order valence-corrected chi connectivity index (χ3v) is 5.81. The lowest BCUT2D eigenvalue weighted by molar-refractivity contribution is -0.113. The number of tetrazole rings is 1. The molecule has 1 aliphatic carbocycles. The van der Waals surface area contributed by atoms with Gasteiger partial charge in [0, 0.05) is 17.0 Å². The Morgan fingerprint density at radius 3 is 2.96 bits per heavy atom. The number of hydrogen-bond donors (Lipinski definition) is 1. The number of rotatable bonds is 8. The molecule has 146 valence electrons. The minimum atomic E-state index is -0.155. The third kappa shape index (κ3) is 4.09. The second kappa shape index (κ2) is 8.15. The molecular weight excluding hydrogens is 400 g/mol. The first-order valence-corrected chi connectivity index (χ1v) is 10.4. The van der Waals surface area contributed by atoms with Crippen molar-refractivity contribution in [3.8, 4) is 22.8 Å². The van der Waals surface area contributed by atoms with Crippen LogP contribution in [0.25, 0.3) is 11.3 Å². The predicted octanol–water partition coefficient (Wildman–Crippen LogP) is 2.88. The van der Waals surface area contributed by atoms with Crippen molar-refractivity contribution in [3.63, 3.8) is 0 Å². The van der Waals surface area contributed by atoms with E-state index in [1.165, 1.54) is 23.1 Å². The van der Waals surface area contributed by atoms with Crippen molar-refractivity contribution in [2.75, 3.05) is 25.3 Å². The van der Waals surface area contributed by atoms with Crippen LogP contribution in [0.1, 0.15) is 18.9 Å². The van der Waals surface area contributed by atoms with Crippen LogP contribution in [-0.2, 0) is 4.79 Å². The smallest absolute Gasteiger partial charge is 0.236 e. The number of amides is 1. The Morgan fingerprint density at radius 1 is 1.36 bits per heavy atom. The van der Waals surface area contributed by atoms with E-state index in [1.54, 1.807) is 25.0 Å². The first-order valence-electron chi connectivity index (χ1n) is 8.56. The monoisotopic (exact) mass is 418 g/mol. The highest BCUT2D eigenvalue weighted by Crippen LogP contribution is 2.37. The summed E-state index contributed by atoms with van der Waals surface area (Å²) in [6, 6.07) is 5.90. The van der Waals surface area contributed by atoms with Gasteiger partial charge in [-0.25, -0.2) is 9.67 Å². The van der Waals surface area contributed by atoms with Gasteiger partial charge in [-0.1, -0.05) is 11.8 Å². The molecule has 0 bridgehead atoms. The molecule has 2 heterocycles. The summed E-state index contributed by atoms with van der Waals surface area (Å²) in [5.41, 5.74) is 1.56. The molecule has 0 unspecified atom stereocenters. The molecular formula is C17H18N6O3S2. The van der Waals surface area contributed by atoms with E-state index < -0.39 is 0 Å². The Labute approximate surface area is 169 Å². The van der Waals surface area contributed by atoms with Gasteiger partial charge >= 0.3 is 0 Å². The van der Waals surface area contributed by atoms with Crippen LogP contribution >= 0.6 is 23.1 Å². The SMILES string of the molecule is COc1ccc(-c2csc(NC(=O)CSc3nnnn3C3CC3)n2)c(OC)c1. The fraction of sp³-hybridized carbons (Fsp3) is 0.353. The number of hydrogen-bond acceptors (Lipinski definition) is 9. The summed E-state index contributed by atoms with van der Waals surface area (Å²) in [7, 11) is 3.20. The number of methoxy groups -OCH3 is 2. The van der Waals surface area contributed by atoms with E-state index in [-0.39, 0.29) is 11.7 Å². The van der Waals surface area contributed by atoms with Gasteiger partial charge in [-0.05, 0) is 35.4 Å². The van der Waals surface area contributed by atoms with Crippen molar-refractivity contribution < 1.29 is 14.3 Å². The number of ether oxygens (including phenoxy) is 2. The van der Waals surface area contributed by atoms with Crippen molar-refractivity contribution in [3.05, 3.63) is 23.6 Å². The van der Waals surface area contributed by atoms with Crippen molar-refractivity contribution in [2.24, 2.45) is 0 Å². The standard InChI is InChI=1S/C17H18N6O3S2/c1-25-11-5-6-12(14(7-11)26-2)13-8-27-16(18-13)19-15(24)9-28-17-20-21-22-23(17)10-3-4-10/h5-8,10H,3-4,9H2,1-2H3,(H,18,19,24). The highest BCUT2D eigenvalue weighted by molar-refractivity contribution is 7.99. The van der Waals surface area contributed by atoms with E-state index >= 15 is 0 Å². The lowest BCUT2D eigenvalue weighted by atomic mass is 10.1. The summed E-state index contributed by atoms with van der Waals surface area (Å²) in [4.78, 5) is 16.8. The van der Waals surface area contributed by atoms with Crippen LogP contribution in [0.4, 0.5) is 5.13 Å². The quantitative estimate of drug-likeness (QED) is 0.557. The normalized spacial score (nSPS) is 13.4. The van der Waals surface area contributed by atoms with Crippen LogP contribution in [0, 0.1) is 0 Å². The second-order valence-corrected chi connectivity index (χ2v) is 7.88. The average Bonchev–Trinajstić information content (AvgIpc) is 3.27. The molecule has 1 N–H and O–H groups in total. The molecule has 3 aromatic rings. The molecule has 1 aromatic carbocycles. The van der Waals surface area contributed by atoms with E-state index in [4.69, 9.17) is 9.47 Å². The summed E-state index contributed by atoms with van der Waals surface area (Å²) in [6.45, 7) is 0. The first kappa shape index (κ1) is 18.7. The molecule has 0 spiro atoms. The van der Waals surface area contributed by atoms with Gasteiger partial charge in [0.1, 0.15) is 11.5 Å². The summed E-state index contributed by atoms with van der Waals surface area (Å²) < 4.78 is 12.4. The third-order valence-electron chi connectivity index (χ3n) is 4.12. The summed E-state index contributed by atoms with van der Waals surface area (Å²) >= 11 is 2.68. The number of thioether (sulfide) groups is 1. The number of anilines is 1. The molecule has 2 aromatic heterocycles. The Hall–Kier alpha value is -2.66. The van der Waals surface area contributed by atoms with Crippen LogP contribution in [0.2, 0.25) is 0 Å². The maximum absolute atomic E-state index is 12.3. The topological polar surface area (TPSA) is 104 Å². The number of nitrogens with zero attached hydrogens (tertiary/aromatic N) is 5. The maximum Gasteiger partial charge on any atom is 0.236 e. The second-order valence-electron chi connectivity index (χ2n) is 6.08. The lowest BCUT2D eigenvalue weighted by Gasteiger charge is -2.08. The van der Waals surface area contributed by atoms with Crippen LogP contribution < -0.4 is 14.8 Å². The summed E-state index contributed by atoms with van der Waals surface area (Å²) in [5, 5.41) is 17.5. The van der Waals surface area contributed by atoms with Gasteiger partial charge in [0.05, 0.1) is 31.7 Å². The largest absolute Gasteiger partial charge is 0.497 e. The minimum Gasteiger partial charge on any atom is -0.497 e. The number of carbonyl (C=O) groups excluding carboxylic acids is 1. The molecule has 0 aliphatic heterocycles. The molecule has 1 fully saturated rings. The van der Waals surface area contributed by atoms with Crippen LogP contribution in [0.3, 0.4) is 0 Å². The van der Waals surface area contributed by atoms with Gasteiger partial charge < -0.3 is 14.8 Å². The fourth-order valence-corrected chi connectivity index (χ4v) is 4.05. The van der Waals surface area contributed by atoms with Gasteiger partial charge in [-0.15, -0.1) is 16.4 Å². The fourth-order valence-electron chi connectivity index (χ4n) is 2.58. The molecule has 9 nitrogen and oxygen atoms in total. The maximum atomic E-state index is 12.3. The highest BCUT2D eigenvalue weighted by Gasteiger charge is 2.28. The molecule has 4 rings (SSSR count). The lowest BCUT2D eigenvalue weighted by Crippen LogP contribution is -2.14. The number of carbonyl (C=O) groups is 1. The zero-order chi connectivity index (χ0) is 19.5. The molecule has 11 heteroatoms. The highest BCUT2D eigenvalue weighted by atomic mass is 32.2. The zero-order valence-corrected chi connectivity index (χ0v) is 16.9. The number of benzene rings is 1. The van der Waals surface area contributed by atoms with Gasteiger partial charge in [0.25, 0.3) is 0 Å². The molecule has 1 amide bonds. The zero-order valence-electron chi connectivity index (χ0n) is 15.3. The number of aromatic nitrogens is 5. The molecule has 0 atom stereocenters. The van der Waals surface area contributed by atoms with Crippen molar-refractivity contribution in [2.45, 2.75) is 24.0 Å². The molecule has 28 heavy (non-hydrogen) atoms. The van der Waals surface area contributed by atoms with Gasteiger partial charge in [-0.2, -0.15) is 0 Å². The van der Waals surface area contributed by atoms with E-state index in [2.05, 4.69) is 25.8 Å². The van der Waals surface area contributed by atoms with E-state index in [0.717, 1.165) is 24.1 Å². The number of thiazole rings is 1. The molecule has 1 aliphatic rings. The Morgan fingerprint density at radius 2 is 2.21 bits per heavy atom. The molecule has 0 saturated heterocycles. The van der Waals surface area contributed by atoms with Gasteiger partial charge in [0.2, 0.25) is 11.1 Å². The first-order chi connectivity index (χ1) is 13.7. The minimum absolute atomic E-state index is 0.155. The van der Waals surface area contributed by atoms with Crippen molar-refractivity contribution >= 4 is 34.1 Å². The van der Waals surface area contributed by atoms with Crippen LogP contribution in [0.5, 0.6) is 11.5 Å². The van der Waals surface area contributed by atoms with E-state index in [0.29, 0.717) is 27.8 Å². The van der Waals surface area contributed by atoms with Crippen LogP contribution in [-0.4, -0.2) is 51.1 Å².